The monoisotopic (exact) mass is 345 g/mol. The maximum Gasteiger partial charge on any atom is 0.322 e. The van der Waals surface area contributed by atoms with Crippen molar-refractivity contribution < 1.29 is 13.9 Å². The number of hydrogen-bond acceptors (Lipinski definition) is 3. The zero-order valence-corrected chi connectivity index (χ0v) is 13.8. The minimum Gasteiger partial charge on any atom is -0.468 e. The molecule has 2 unspecified atom stereocenters. The molecule has 0 fully saturated rings. The van der Waals surface area contributed by atoms with E-state index in [0.717, 1.165) is 5.56 Å². The van der Waals surface area contributed by atoms with Gasteiger partial charge in [-0.15, -0.1) is 0 Å². The fourth-order valence-corrected chi connectivity index (χ4v) is 2.78. The molecule has 1 aromatic rings. The van der Waals surface area contributed by atoms with Crippen LogP contribution in [0.2, 0.25) is 0 Å². The van der Waals surface area contributed by atoms with Gasteiger partial charge in [-0.2, -0.15) is 0 Å². The third kappa shape index (κ3) is 4.87. The van der Waals surface area contributed by atoms with E-state index < -0.39 is 0 Å². The van der Waals surface area contributed by atoms with Gasteiger partial charge < -0.3 is 4.74 Å². The second kappa shape index (κ2) is 7.74. The highest BCUT2D eigenvalue weighted by molar-refractivity contribution is 9.10. The summed E-state index contributed by atoms with van der Waals surface area (Å²) in [5.41, 5.74) is 0.907. The van der Waals surface area contributed by atoms with E-state index in [0.29, 0.717) is 16.8 Å². The molecule has 112 valence electrons. The molecule has 0 amide bonds. The zero-order chi connectivity index (χ0) is 15.3. The Morgan fingerprint density at radius 1 is 1.40 bits per heavy atom. The third-order valence-corrected chi connectivity index (χ3v) is 3.76. The molecule has 0 heterocycles. The minimum atomic E-state index is -0.369. The maximum absolute atomic E-state index is 13.1. The molecule has 2 atom stereocenters. The number of esters is 1. The molecule has 1 rings (SSSR count). The predicted octanol–water partition coefficient (Wildman–Crippen LogP) is 3.83. The number of carbonyl (C=O) groups excluding carboxylic acids is 1. The molecule has 0 saturated heterocycles. The number of benzene rings is 1. The highest BCUT2D eigenvalue weighted by Gasteiger charge is 2.23. The lowest BCUT2D eigenvalue weighted by atomic mass is 10.0. The van der Waals surface area contributed by atoms with Crippen LogP contribution < -0.4 is 5.32 Å². The number of halogens is 2. The van der Waals surface area contributed by atoms with E-state index in [9.17, 15) is 9.18 Å². The van der Waals surface area contributed by atoms with Crippen LogP contribution >= 0.6 is 15.9 Å². The number of rotatable bonds is 6. The summed E-state index contributed by atoms with van der Waals surface area (Å²) in [6, 6.07) is 4.08. The Hall–Kier alpha value is -0.940. The number of methoxy groups -OCH3 is 1. The molecule has 0 aliphatic rings. The van der Waals surface area contributed by atoms with E-state index in [1.807, 2.05) is 6.92 Å². The fraction of sp³-hybridized carbons (Fsp3) is 0.533. The summed E-state index contributed by atoms with van der Waals surface area (Å²) in [5, 5.41) is 3.25. The fourth-order valence-electron chi connectivity index (χ4n) is 2.09. The quantitative estimate of drug-likeness (QED) is 0.796. The molecule has 0 aliphatic heterocycles. The first-order valence-electron chi connectivity index (χ1n) is 6.64. The van der Waals surface area contributed by atoms with Crippen LogP contribution in [0.4, 0.5) is 4.39 Å². The van der Waals surface area contributed by atoms with E-state index in [4.69, 9.17) is 4.74 Å². The van der Waals surface area contributed by atoms with Crippen LogP contribution in [0.1, 0.15) is 38.8 Å². The maximum atomic E-state index is 13.1. The second-order valence-electron chi connectivity index (χ2n) is 5.26. The lowest BCUT2D eigenvalue weighted by Gasteiger charge is -2.23. The van der Waals surface area contributed by atoms with Gasteiger partial charge in [-0.3, -0.25) is 10.1 Å². The number of ether oxygens (including phenoxy) is 1. The van der Waals surface area contributed by atoms with Gasteiger partial charge >= 0.3 is 5.97 Å². The van der Waals surface area contributed by atoms with Crippen molar-refractivity contribution in [3.05, 3.63) is 34.1 Å². The van der Waals surface area contributed by atoms with Crippen LogP contribution in [0.15, 0.2) is 22.7 Å². The molecule has 0 aliphatic carbocycles. The summed E-state index contributed by atoms with van der Waals surface area (Å²) in [6.07, 6.45) is 0.690. The molecular weight excluding hydrogens is 325 g/mol. The summed E-state index contributed by atoms with van der Waals surface area (Å²) < 4.78 is 18.6. The Bertz CT molecular complexity index is 465. The Kier molecular flexibility index (Phi) is 6.62. The van der Waals surface area contributed by atoms with Crippen molar-refractivity contribution in [2.24, 2.45) is 5.92 Å². The van der Waals surface area contributed by atoms with Gasteiger partial charge in [0.15, 0.2) is 0 Å². The van der Waals surface area contributed by atoms with Crippen LogP contribution in [-0.4, -0.2) is 19.1 Å². The number of carbonyl (C=O) groups is 1. The van der Waals surface area contributed by atoms with Crippen molar-refractivity contribution in [3.63, 3.8) is 0 Å². The molecule has 5 heteroatoms. The minimum absolute atomic E-state index is 0.0900. The number of hydrogen-bond donors (Lipinski definition) is 1. The molecule has 0 radical (unpaired) electrons. The molecular formula is C15H21BrFNO2. The average Bonchev–Trinajstić information content (AvgIpc) is 2.36. The Balaban J connectivity index is 2.84. The highest BCUT2D eigenvalue weighted by Crippen LogP contribution is 2.25. The predicted molar refractivity (Wildman–Crippen MR) is 80.9 cm³/mol. The van der Waals surface area contributed by atoms with Crippen LogP contribution in [0.3, 0.4) is 0 Å². The summed E-state index contributed by atoms with van der Waals surface area (Å²) in [6.45, 7) is 6.04. The summed E-state index contributed by atoms with van der Waals surface area (Å²) in [7, 11) is 1.38. The summed E-state index contributed by atoms with van der Waals surface area (Å²) in [4.78, 5) is 11.8. The largest absolute Gasteiger partial charge is 0.468 e. The first kappa shape index (κ1) is 17.1. The van der Waals surface area contributed by atoms with E-state index >= 15 is 0 Å². The van der Waals surface area contributed by atoms with Gasteiger partial charge in [0.2, 0.25) is 0 Å². The van der Waals surface area contributed by atoms with Crippen LogP contribution in [0.25, 0.3) is 0 Å². The van der Waals surface area contributed by atoms with Crippen molar-refractivity contribution in [1.82, 2.24) is 5.32 Å². The normalized spacial score (nSPS) is 14.2. The molecule has 0 saturated carbocycles. The van der Waals surface area contributed by atoms with Gasteiger partial charge in [-0.1, -0.05) is 35.8 Å². The van der Waals surface area contributed by atoms with E-state index in [2.05, 4.69) is 35.1 Å². The topological polar surface area (TPSA) is 38.3 Å². The van der Waals surface area contributed by atoms with Gasteiger partial charge in [0.05, 0.1) is 7.11 Å². The van der Waals surface area contributed by atoms with Gasteiger partial charge in [-0.25, -0.2) is 4.39 Å². The van der Waals surface area contributed by atoms with Crippen LogP contribution in [0, 0.1) is 11.7 Å². The standard InChI is InChI=1S/C15H21BrFNO2/c1-9(2)7-14(15(19)20-4)18-10(3)12-6-5-11(17)8-13(12)16/h5-6,8-10,14,18H,7H2,1-4H3. The van der Waals surface area contributed by atoms with Crippen molar-refractivity contribution in [2.75, 3.05) is 7.11 Å². The molecule has 1 N–H and O–H groups in total. The first-order chi connectivity index (χ1) is 9.35. The van der Waals surface area contributed by atoms with Crippen molar-refractivity contribution >= 4 is 21.9 Å². The van der Waals surface area contributed by atoms with Crippen molar-refractivity contribution in [3.8, 4) is 0 Å². The highest BCUT2D eigenvalue weighted by atomic mass is 79.9. The molecule has 0 spiro atoms. The van der Waals surface area contributed by atoms with Gasteiger partial charge in [-0.05, 0) is 37.0 Å². The van der Waals surface area contributed by atoms with Gasteiger partial charge in [0.25, 0.3) is 0 Å². The Morgan fingerprint density at radius 2 is 2.05 bits per heavy atom. The second-order valence-corrected chi connectivity index (χ2v) is 6.11. The van der Waals surface area contributed by atoms with E-state index in [-0.39, 0.29) is 23.9 Å². The summed E-state index contributed by atoms with van der Waals surface area (Å²) in [5.74, 6) is -0.196. The molecule has 0 aromatic heterocycles. The molecule has 0 bridgehead atoms. The smallest absolute Gasteiger partial charge is 0.322 e. The SMILES string of the molecule is COC(=O)C(CC(C)C)NC(C)c1ccc(F)cc1Br. The molecule has 1 aromatic carbocycles. The van der Waals surface area contributed by atoms with Crippen LogP contribution in [0.5, 0.6) is 0 Å². The summed E-state index contributed by atoms with van der Waals surface area (Å²) >= 11 is 3.35. The van der Waals surface area contributed by atoms with Crippen molar-refractivity contribution in [2.45, 2.75) is 39.3 Å². The zero-order valence-electron chi connectivity index (χ0n) is 12.2. The Morgan fingerprint density at radius 3 is 2.55 bits per heavy atom. The third-order valence-electron chi connectivity index (χ3n) is 3.07. The molecule has 20 heavy (non-hydrogen) atoms. The first-order valence-corrected chi connectivity index (χ1v) is 7.43. The molecule has 3 nitrogen and oxygen atoms in total. The van der Waals surface area contributed by atoms with Gasteiger partial charge in [0, 0.05) is 10.5 Å². The number of nitrogens with one attached hydrogen (secondary N) is 1. The van der Waals surface area contributed by atoms with Crippen molar-refractivity contribution in [1.29, 1.82) is 0 Å². The van der Waals surface area contributed by atoms with Gasteiger partial charge in [0.1, 0.15) is 11.9 Å². The lowest BCUT2D eigenvalue weighted by molar-refractivity contribution is -0.143. The Labute approximate surface area is 128 Å². The van der Waals surface area contributed by atoms with E-state index in [1.165, 1.54) is 19.2 Å². The van der Waals surface area contributed by atoms with Crippen LogP contribution in [-0.2, 0) is 9.53 Å². The lowest BCUT2D eigenvalue weighted by Crippen LogP contribution is -2.40. The van der Waals surface area contributed by atoms with E-state index in [1.54, 1.807) is 6.07 Å². The average molecular weight is 346 g/mol.